The van der Waals surface area contributed by atoms with E-state index in [9.17, 15) is 9.90 Å². The molecule has 5 rings (SSSR count). The van der Waals surface area contributed by atoms with Crippen LogP contribution in [0.3, 0.4) is 0 Å². The van der Waals surface area contributed by atoms with Crippen molar-refractivity contribution in [1.29, 1.82) is 0 Å². The quantitative estimate of drug-likeness (QED) is 0.442. The van der Waals surface area contributed by atoms with Gasteiger partial charge in [-0.25, -0.2) is 4.98 Å². The number of aliphatic hydroxyl groups excluding tert-OH is 1. The van der Waals surface area contributed by atoms with Crippen LogP contribution in [-0.4, -0.2) is 25.7 Å². The van der Waals surface area contributed by atoms with E-state index in [4.69, 9.17) is 21.3 Å². The lowest BCUT2D eigenvalue weighted by Crippen LogP contribution is -2.33. The van der Waals surface area contributed by atoms with Crippen LogP contribution in [0.5, 0.6) is 5.75 Å². The molecule has 0 saturated heterocycles. The van der Waals surface area contributed by atoms with Gasteiger partial charge in [-0.1, -0.05) is 23.7 Å². The molecule has 0 spiro atoms. The molecule has 0 amide bonds. The van der Waals surface area contributed by atoms with Crippen LogP contribution in [0.25, 0.3) is 16.7 Å². The lowest BCUT2D eigenvalue weighted by molar-refractivity contribution is 0.0552. The number of aromatic amines is 1. The Balaban J connectivity index is 1.35. The number of H-pyrrole nitrogens is 1. The molecule has 3 unspecified atom stereocenters. The molecule has 0 bridgehead atoms. The summed E-state index contributed by atoms with van der Waals surface area (Å²) in [5.41, 5.74) is 3.29. The van der Waals surface area contributed by atoms with E-state index >= 15 is 0 Å². The van der Waals surface area contributed by atoms with Crippen LogP contribution in [0, 0.1) is 5.92 Å². The number of nitrogens with zero attached hydrogens (tertiary/aromatic N) is 2. The number of aromatic nitrogens is 3. The van der Waals surface area contributed by atoms with Crippen molar-refractivity contribution in [2.45, 2.75) is 38.4 Å². The van der Waals surface area contributed by atoms with Gasteiger partial charge in [-0.05, 0) is 67.6 Å². The number of rotatable bonds is 6. The Labute approximate surface area is 190 Å². The van der Waals surface area contributed by atoms with E-state index in [0.717, 1.165) is 41.0 Å². The molecule has 7 heteroatoms. The summed E-state index contributed by atoms with van der Waals surface area (Å²) >= 11 is 5.91. The molecule has 2 heterocycles. The van der Waals surface area contributed by atoms with Gasteiger partial charge in [0, 0.05) is 23.2 Å². The van der Waals surface area contributed by atoms with Crippen molar-refractivity contribution < 1.29 is 9.84 Å². The van der Waals surface area contributed by atoms with E-state index < -0.39 is 0 Å². The first kappa shape index (κ1) is 20.8. The largest absolute Gasteiger partial charge is 0.489 e. The minimum Gasteiger partial charge on any atom is -0.489 e. The second-order valence-electron chi connectivity index (χ2n) is 8.40. The molecule has 6 nitrogen and oxygen atoms in total. The van der Waals surface area contributed by atoms with E-state index in [0.29, 0.717) is 17.4 Å². The van der Waals surface area contributed by atoms with Gasteiger partial charge in [0.05, 0.1) is 22.8 Å². The number of halogens is 1. The zero-order valence-corrected chi connectivity index (χ0v) is 18.4. The number of imidazole rings is 1. The standard InChI is InChI=1S/C25H24ClN3O3/c1-15(30)20-7-8-21(20)25-27-22-9-6-18(12-23(22)28-25)29-11-10-19(13-24(29)31)32-14-16-2-4-17(26)5-3-16/h2-6,9-13,15,20-21,30H,7-8,14H2,1H3,(H,27,28). The Morgan fingerprint density at radius 2 is 2.00 bits per heavy atom. The summed E-state index contributed by atoms with van der Waals surface area (Å²) in [5.74, 6) is 1.93. The minimum absolute atomic E-state index is 0.175. The Hall–Kier alpha value is -3.09. The van der Waals surface area contributed by atoms with Crippen molar-refractivity contribution in [3.63, 3.8) is 0 Å². The molecule has 32 heavy (non-hydrogen) atoms. The second kappa shape index (κ2) is 8.45. The normalized spacial score (nSPS) is 19.0. The molecule has 3 atom stereocenters. The molecule has 2 aromatic carbocycles. The smallest absolute Gasteiger partial charge is 0.258 e. The SMILES string of the molecule is CC(O)C1CCC1c1nc2ccc(-n3ccc(OCc4ccc(Cl)cc4)cc3=O)cc2[nH]1. The second-order valence-corrected chi connectivity index (χ2v) is 8.83. The highest BCUT2D eigenvalue weighted by Gasteiger charge is 2.37. The molecule has 0 radical (unpaired) electrons. The molecule has 2 aromatic heterocycles. The van der Waals surface area contributed by atoms with Crippen LogP contribution in [0.2, 0.25) is 5.02 Å². The number of nitrogens with one attached hydrogen (secondary N) is 1. The third-order valence-electron chi connectivity index (χ3n) is 6.27. The number of aliphatic hydroxyl groups is 1. The fourth-order valence-corrected chi connectivity index (χ4v) is 4.42. The predicted octanol–water partition coefficient (Wildman–Crippen LogP) is 4.82. The molecular weight excluding hydrogens is 426 g/mol. The van der Waals surface area contributed by atoms with Gasteiger partial charge in [0.15, 0.2) is 0 Å². The summed E-state index contributed by atoms with van der Waals surface area (Å²) in [4.78, 5) is 20.8. The molecular formula is C25H24ClN3O3. The van der Waals surface area contributed by atoms with E-state index in [1.165, 1.54) is 6.07 Å². The lowest BCUT2D eigenvalue weighted by Gasteiger charge is -2.37. The van der Waals surface area contributed by atoms with Gasteiger partial charge >= 0.3 is 0 Å². The summed E-state index contributed by atoms with van der Waals surface area (Å²) in [5, 5.41) is 10.6. The average molecular weight is 450 g/mol. The topological polar surface area (TPSA) is 80.1 Å². The first-order chi connectivity index (χ1) is 15.5. The van der Waals surface area contributed by atoms with E-state index in [1.54, 1.807) is 16.8 Å². The van der Waals surface area contributed by atoms with Crippen molar-refractivity contribution >= 4 is 22.6 Å². The first-order valence-corrected chi connectivity index (χ1v) is 11.1. The van der Waals surface area contributed by atoms with Gasteiger partial charge < -0.3 is 14.8 Å². The van der Waals surface area contributed by atoms with E-state index in [1.807, 2.05) is 49.4 Å². The van der Waals surface area contributed by atoms with Gasteiger partial charge in [-0.2, -0.15) is 0 Å². The molecule has 164 valence electrons. The predicted molar refractivity (Wildman–Crippen MR) is 125 cm³/mol. The fraction of sp³-hybridized carbons (Fsp3) is 0.280. The summed E-state index contributed by atoms with van der Waals surface area (Å²) in [6.07, 6.45) is 3.43. The minimum atomic E-state index is -0.337. The summed E-state index contributed by atoms with van der Waals surface area (Å²) in [6.45, 7) is 2.20. The third-order valence-corrected chi connectivity index (χ3v) is 6.52. The van der Waals surface area contributed by atoms with Gasteiger partial charge in [-0.3, -0.25) is 9.36 Å². The van der Waals surface area contributed by atoms with Crippen LogP contribution in [0.1, 0.15) is 37.1 Å². The highest BCUT2D eigenvalue weighted by molar-refractivity contribution is 6.30. The number of pyridine rings is 1. The Bertz CT molecular complexity index is 1310. The van der Waals surface area contributed by atoms with Crippen molar-refractivity contribution in [2.24, 2.45) is 5.92 Å². The lowest BCUT2D eigenvalue weighted by atomic mass is 9.70. The van der Waals surface area contributed by atoms with Gasteiger partial charge in [0.1, 0.15) is 18.2 Å². The fourth-order valence-electron chi connectivity index (χ4n) is 4.30. The van der Waals surface area contributed by atoms with Crippen molar-refractivity contribution in [3.05, 3.63) is 87.6 Å². The molecule has 1 aliphatic carbocycles. The van der Waals surface area contributed by atoms with Crippen LogP contribution in [0.15, 0.2) is 65.6 Å². The van der Waals surface area contributed by atoms with Crippen molar-refractivity contribution in [2.75, 3.05) is 0 Å². The van der Waals surface area contributed by atoms with E-state index in [-0.39, 0.29) is 23.5 Å². The monoisotopic (exact) mass is 449 g/mol. The van der Waals surface area contributed by atoms with Crippen molar-refractivity contribution in [1.82, 2.24) is 14.5 Å². The van der Waals surface area contributed by atoms with Crippen LogP contribution in [-0.2, 0) is 6.61 Å². The van der Waals surface area contributed by atoms with Gasteiger partial charge in [0.25, 0.3) is 5.56 Å². The maximum atomic E-state index is 12.7. The van der Waals surface area contributed by atoms with Gasteiger partial charge in [0.2, 0.25) is 0 Å². The average Bonchev–Trinajstić information content (AvgIpc) is 3.14. The number of benzene rings is 2. The maximum absolute atomic E-state index is 12.7. The van der Waals surface area contributed by atoms with Crippen LogP contribution >= 0.6 is 11.6 Å². The number of fused-ring (bicyclic) bond motifs is 1. The Morgan fingerprint density at radius 3 is 2.69 bits per heavy atom. The molecule has 1 fully saturated rings. The van der Waals surface area contributed by atoms with E-state index in [2.05, 4.69) is 4.98 Å². The zero-order valence-electron chi connectivity index (χ0n) is 17.7. The molecule has 1 saturated carbocycles. The Kier molecular flexibility index (Phi) is 5.49. The highest BCUT2D eigenvalue weighted by Crippen LogP contribution is 2.43. The molecule has 1 aliphatic rings. The zero-order chi connectivity index (χ0) is 22.2. The molecule has 0 aliphatic heterocycles. The number of hydrogen-bond donors (Lipinski definition) is 2. The van der Waals surface area contributed by atoms with Crippen LogP contribution in [0.4, 0.5) is 0 Å². The summed E-state index contributed by atoms with van der Waals surface area (Å²) < 4.78 is 7.34. The van der Waals surface area contributed by atoms with Crippen LogP contribution < -0.4 is 10.3 Å². The Morgan fingerprint density at radius 1 is 1.19 bits per heavy atom. The van der Waals surface area contributed by atoms with Crippen molar-refractivity contribution in [3.8, 4) is 11.4 Å². The number of ether oxygens (including phenoxy) is 1. The van der Waals surface area contributed by atoms with Gasteiger partial charge in [-0.15, -0.1) is 0 Å². The number of hydrogen-bond acceptors (Lipinski definition) is 4. The summed E-state index contributed by atoms with van der Waals surface area (Å²) in [6, 6.07) is 16.4. The first-order valence-electron chi connectivity index (χ1n) is 10.8. The molecule has 4 aromatic rings. The maximum Gasteiger partial charge on any atom is 0.258 e. The third kappa shape index (κ3) is 4.04. The highest BCUT2D eigenvalue weighted by atomic mass is 35.5. The molecule has 2 N–H and O–H groups in total. The summed E-state index contributed by atoms with van der Waals surface area (Å²) in [7, 11) is 0.